The minimum Gasteiger partial charge on any atom is -0.244 e. The van der Waals surface area contributed by atoms with E-state index in [0.717, 1.165) is 21.3 Å². The maximum Gasteiger partial charge on any atom is 0.416 e. The average molecular weight is 430 g/mol. The molecule has 0 bridgehead atoms. The van der Waals surface area contributed by atoms with Crippen LogP contribution in [-0.4, -0.2) is 19.4 Å². The van der Waals surface area contributed by atoms with Crippen LogP contribution < -0.4 is 5.69 Å². The largest absolute Gasteiger partial charge is 0.416 e. The second-order valence-electron chi connectivity index (χ2n) is 6.42. The van der Waals surface area contributed by atoms with Crippen molar-refractivity contribution in [3.8, 4) is 17.2 Å². The van der Waals surface area contributed by atoms with E-state index < -0.39 is 17.4 Å². The lowest BCUT2D eigenvalue weighted by Gasteiger charge is -2.07. The predicted octanol–water partition coefficient (Wildman–Crippen LogP) is 4.15. The van der Waals surface area contributed by atoms with Crippen LogP contribution in [-0.2, 0) is 12.7 Å². The summed E-state index contributed by atoms with van der Waals surface area (Å²) in [5.74, 6) is 0. The fourth-order valence-electron chi connectivity index (χ4n) is 2.99. The van der Waals surface area contributed by atoms with Gasteiger partial charge in [0.1, 0.15) is 11.6 Å². The van der Waals surface area contributed by atoms with Gasteiger partial charge in [-0.15, -0.1) is 5.10 Å². The summed E-state index contributed by atoms with van der Waals surface area (Å²) >= 11 is 5.90. The summed E-state index contributed by atoms with van der Waals surface area (Å²) in [6.45, 7) is -0.0680. The first-order chi connectivity index (χ1) is 14.3. The fourth-order valence-corrected chi connectivity index (χ4v) is 3.12. The lowest BCUT2D eigenvalue weighted by atomic mass is 10.0. The van der Waals surface area contributed by atoms with Crippen molar-refractivity contribution in [3.05, 3.63) is 86.9 Å². The normalized spacial score (nSPS) is 11.6. The quantitative estimate of drug-likeness (QED) is 0.490. The molecule has 0 aliphatic rings. The molecule has 2 heterocycles. The Morgan fingerprint density at radius 3 is 2.33 bits per heavy atom. The van der Waals surface area contributed by atoms with E-state index in [9.17, 15) is 23.2 Å². The van der Waals surface area contributed by atoms with E-state index in [1.54, 1.807) is 24.3 Å². The maximum atomic E-state index is 12.7. The molecule has 0 radical (unpaired) electrons. The molecule has 0 aliphatic carbocycles. The third-order valence-electron chi connectivity index (χ3n) is 4.49. The summed E-state index contributed by atoms with van der Waals surface area (Å²) in [5, 5.41) is 18.5. The third-order valence-corrected chi connectivity index (χ3v) is 4.75. The van der Waals surface area contributed by atoms with E-state index in [0.29, 0.717) is 21.7 Å². The SMILES string of the molecule is N#Cc1c(-c2ccc(Cl)cc2)cnn2c(=O)n(Cc3ccc(C(F)(F)F)cc3)nc12. The second kappa shape index (κ2) is 7.31. The van der Waals surface area contributed by atoms with Crippen LogP contribution in [0.3, 0.4) is 0 Å². The van der Waals surface area contributed by atoms with Gasteiger partial charge < -0.3 is 0 Å². The molecule has 0 amide bonds. The van der Waals surface area contributed by atoms with E-state index >= 15 is 0 Å². The number of rotatable bonds is 3. The van der Waals surface area contributed by atoms with E-state index in [4.69, 9.17) is 11.6 Å². The van der Waals surface area contributed by atoms with Crippen LogP contribution in [0, 0.1) is 11.3 Å². The average Bonchev–Trinajstić information content (AvgIpc) is 3.03. The van der Waals surface area contributed by atoms with E-state index in [1.165, 1.54) is 18.3 Å². The number of fused-ring (bicyclic) bond motifs is 1. The zero-order valence-corrected chi connectivity index (χ0v) is 15.8. The summed E-state index contributed by atoms with van der Waals surface area (Å²) in [6.07, 6.45) is -3.05. The molecule has 4 aromatic rings. The van der Waals surface area contributed by atoms with Crippen molar-refractivity contribution in [2.45, 2.75) is 12.7 Å². The Kier molecular flexibility index (Phi) is 4.79. The molecule has 6 nitrogen and oxygen atoms in total. The lowest BCUT2D eigenvalue weighted by Crippen LogP contribution is -2.23. The number of alkyl halides is 3. The molecule has 0 aliphatic heterocycles. The van der Waals surface area contributed by atoms with Gasteiger partial charge in [-0.25, -0.2) is 9.48 Å². The van der Waals surface area contributed by atoms with Crippen LogP contribution in [0.5, 0.6) is 0 Å². The highest BCUT2D eigenvalue weighted by Crippen LogP contribution is 2.29. The fraction of sp³-hybridized carbons (Fsp3) is 0.100. The Labute approximate surface area is 172 Å². The molecule has 0 saturated heterocycles. The molecular formula is C20H11ClF3N5O. The van der Waals surface area contributed by atoms with Gasteiger partial charge in [0.25, 0.3) is 0 Å². The molecule has 0 spiro atoms. The molecule has 2 aromatic carbocycles. The number of hydrogen-bond donors (Lipinski definition) is 0. The van der Waals surface area contributed by atoms with E-state index in [-0.39, 0.29) is 17.8 Å². The smallest absolute Gasteiger partial charge is 0.244 e. The van der Waals surface area contributed by atoms with Gasteiger partial charge in [-0.2, -0.15) is 28.0 Å². The molecule has 30 heavy (non-hydrogen) atoms. The Balaban J connectivity index is 1.76. The number of halogens is 4. The zero-order valence-electron chi connectivity index (χ0n) is 15.1. The maximum absolute atomic E-state index is 12.7. The van der Waals surface area contributed by atoms with Crippen molar-refractivity contribution in [2.24, 2.45) is 0 Å². The predicted molar refractivity (Wildman–Crippen MR) is 103 cm³/mol. The summed E-state index contributed by atoms with van der Waals surface area (Å²) in [6, 6.07) is 13.2. The standard InChI is InChI=1S/C20H11ClF3N5O/c21-15-7-3-13(4-8-15)17-10-26-29-18(16(17)9-25)27-28(19(29)30)11-12-1-5-14(6-2-12)20(22,23)24/h1-8,10H,11H2. The van der Waals surface area contributed by atoms with Crippen LogP contribution in [0.25, 0.3) is 16.8 Å². The number of hydrogen-bond acceptors (Lipinski definition) is 4. The Morgan fingerprint density at radius 2 is 1.73 bits per heavy atom. The lowest BCUT2D eigenvalue weighted by molar-refractivity contribution is -0.137. The molecule has 0 saturated carbocycles. The first kappa shape index (κ1) is 19.7. The second-order valence-corrected chi connectivity index (χ2v) is 6.86. The molecule has 10 heteroatoms. The van der Waals surface area contributed by atoms with Gasteiger partial charge in [0, 0.05) is 10.6 Å². The number of benzene rings is 2. The van der Waals surface area contributed by atoms with Gasteiger partial charge in [-0.3, -0.25) is 0 Å². The Bertz CT molecular complexity index is 1330. The molecule has 0 N–H and O–H groups in total. The van der Waals surface area contributed by atoms with Crippen LogP contribution in [0.1, 0.15) is 16.7 Å². The van der Waals surface area contributed by atoms with Crippen LogP contribution in [0.2, 0.25) is 5.02 Å². The third kappa shape index (κ3) is 3.53. The first-order valence-electron chi connectivity index (χ1n) is 8.59. The topological polar surface area (TPSA) is 76.0 Å². The van der Waals surface area contributed by atoms with Crippen molar-refractivity contribution >= 4 is 17.2 Å². The van der Waals surface area contributed by atoms with Gasteiger partial charge in [0.05, 0.1) is 18.3 Å². The Hall–Kier alpha value is -3.64. The molecule has 2 aromatic heterocycles. The molecule has 150 valence electrons. The number of aromatic nitrogens is 4. The molecule has 4 rings (SSSR count). The van der Waals surface area contributed by atoms with Gasteiger partial charge in [-0.05, 0) is 35.4 Å². The Morgan fingerprint density at radius 1 is 1.07 bits per heavy atom. The van der Waals surface area contributed by atoms with Crippen molar-refractivity contribution in [1.29, 1.82) is 5.26 Å². The highest BCUT2D eigenvalue weighted by molar-refractivity contribution is 6.30. The zero-order chi connectivity index (χ0) is 21.5. The molecular weight excluding hydrogens is 419 g/mol. The van der Waals surface area contributed by atoms with Gasteiger partial charge in [-0.1, -0.05) is 35.9 Å². The summed E-state index contributed by atoms with van der Waals surface area (Å²) in [5.41, 5.74) is 0.421. The van der Waals surface area contributed by atoms with Gasteiger partial charge in [0.2, 0.25) is 0 Å². The van der Waals surface area contributed by atoms with Gasteiger partial charge >= 0.3 is 11.9 Å². The van der Waals surface area contributed by atoms with Crippen LogP contribution >= 0.6 is 11.6 Å². The van der Waals surface area contributed by atoms with Gasteiger partial charge in [0.15, 0.2) is 5.65 Å². The van der Waals surface area contributed by atoms with E-state index in [2.05, 4.69) is 10.2 Å². The highest BCUT2D eigenvalue weighted by atomic mass is 35.5. The molecule has 0 unspecified atom stereocenters. The molecule has 0 atom stereocenters. The minimum absolute atomic E-state index is 0.0573. The number of nitrogens with zero attached hydrogens (tertiary/aromatic N) is 5. The van der Waals surface area contributed by atoms with E-state index in [1.807, 2.05) is 6.07 Å². The summed E-state index contributed by atoms with van der Waals surface area (Å²) < 4.78 is 40.2. The van der Waals surface area contributed by atoms with Crippen molar-refractivity contribution < 1.29 is 13.2 Å². The minimum atomic E-state index is -4.44. The van der Waals surface area contributed by atoms with Crippen molar-refractivity contribution in [3.63, 3.8) is 0 Å². The van der Waals surface area contributed by atoms with Crippen LogP contribution in [0.15, 0.2) is 59.5 Å². The monoisotopic (exact) mass is 429 g/mol. The molecule has 0 fully saturated rings. The van der Waals surface area contributed by atoms with Crippen molar-refractivity contribution in [1.82, 2.24) is 19.4 Å². The summed E-state index contributed by atoms with van der Waals surface area (Å²) in [7, 11) is 0. The van der Waals surface area contributed by atoms with Crippen molar-refractivity contribution in [2.75, 3.05) is 0 Å². The van der Waals surface area contributed by atoms with Crippen LogP contribution in [0.4, 0.5) is 13.2 Å². The number of nitriles is 1. The first-order valence-corrected chi connectivity index (χ1v) is 8.97. The summed E-state index contributed by atoms with van der Waals surface area (Å²) in [4.78, 5) is 12.6. The highest BCUT2D eigenvalue weighted by Gasteiger charge is 2.30.